The van der Waals surface area contributed by atoms with E-state index in [9.17, 15) is 18.0 Å². The van der Waals surface area contributed by atoms with E-state index < -0.39 is 23.4 Å². The van der Waals surface area contributed by atoms with Crippen LogP contribution in [0.4, 0.5) is 18.9 Å². The summed E-state index contributed by atoms with van der Waals surface area (Å²) in [6, 6.07) is 9.57. The second-order valence-corrected chi connectivity index (χ2v) is 6.88. The van der Waals surface area contributed by atoms with Gasteiger partial charge < -0.3 is 20.9 Å². The van der Waals surface area contributed by atoms with Gasteiger partial charge in [0.15, 0.2) is 5.96 Å². The molecule has 0 saturated carbocycles. The molecule has 168 valence electrons. The Morgan fingerprint density at radius 2 is 1.68 bits per heavy atom. The summed E-state index contributed by atoms with van der Waals surface area (Å²) in [5.41, 5.74) is -0.0213. The van der Waals surface area contributed by atoms with Crippen LogP contribution in [0.25, 0.3) is 0 Å². The molecule has 3 rings (SSSR count). The normalized spacial score (nSPS) is 15.9. The smallest absolute Gasteiger partial charge is 0.254 e. The van der Waals surface area contributed by atoms with Crippen molar-refractivity contribution in [3.63, 3.8) is 0 Å². The van der Waals surface area contributed by atoms with Crippen LogP contribution in [0.3, 0.4) is 0 Å². The van der Waals surface area contributed by atoms with Crippen LogP contribution >= 0.6 is 24.0 Å². The third-order valence-electron chi connectivity index (χ3n) is 4.83. The molecule has 0 aliphatic carbocycles. The number of carbonyl (C=O) groups excluding carboxylic acids is 1. The lowest BCUT2D eigenvalue weighted by Crippen LogP contribution is -2.46. The first-order valence-electron chi connectivity index (χ1n) is 9.68. The molecule has 3 N–H and O–H groups in total. The van der Waals surface area contributed by atoms with E-state index in [0.717, 1.165) is 0 Å². The minimum absolute atomic E-state index is 0. The van der Waals surface area contributed by atoms with Crippen molar-refractivity contribution < 1.29 is 18.0 Å². The Morgan fingerprint density at radius 1 is 1.03 bits per heavy atom. The maximum atomic E-state index is 14.0. The highest BCUT2D eigenvalue weighted by Gasteiger charge is 2.27. The first-order valence-corrected chi connectivity index (χ1v) is 9.68. The lowest BCUT2D eigenvalue weighted by molar-refractivity contribution is 0.0950. The van der Waals surface area contributed by atoms with Gasteiger partial charge in [-0.15, -0.1) is 24.0 Å². The summed E-state index contributed by atoms with van der Waals surface area (Å²) >= 11 is 0. The Hall–Kier alpha value is -2.50. The number of aliphatic imine (C=N–C) groups is 1. The van der Waals surface area contributed by atoms with E-state index in [2.05, 4.69) is 20.9 Å². The average Bonchev–Trinajstić information content (AvgIpc) is 3.18. The number of para-hydroxylation sites is 1. The predicted octanol–water partition coefficient (Wildman–Crippen LogP) is 2.90. The number of hydrogen-bond donors (Lipinski definition) is 3. The van der Waals surface area contributed by atoms with Crippen molar-refractivity contribution in [2.75, 3.05) is 38.1 Å². The largest absolute Gasteiger partial charge is 0.365 e. The molecule has 0 radical (unpaired) electrons. The van der Waals surface area contributed by atoms with Crippen LogP contribution < -0.4 is 20.9 Å². The van der Waals surface area contributed by atoms with Gasteiger partial charge in [-0.05, 0) is 30.7 Å². The van der Waals surface area contributed by atoms with Gasteiger partial charge in [0.25, 0.3) is 5.91 Å². The molecule has 31 heavy (non-hydrogen) atoms. The highest BCUT2D eigenvalue weighted by molar-refractivity contribution is 14.0. The molecule has 1 amide bonds. The van der Waals surface area contributed by atoms with Crippen molar-refractivity contribution in [2.24, 2.45) is 4.99 Å². The van der Waals surface area contributed by atoms with Crippen LogP contribution in [0.15, 0.2) is 47.5 Å². The van der Waals surface area contributed by atoms with Gasteiger partial charge in [0.1, 0.15) is 23.1 Å². The highest BCUT2D eigenvalue weighted by Crippen LogP contribution is 2.26. The molecule has 1 atom stereocenters. The molecule has 1 heterocycles. The second-order valence-electron chi connectivity index (χ2n) is 6.88. The summed E-state index contributed by atoms with van der Waals surface area (Å²) in [6.07, 6.45) is 0.693. The SMILES string of the molecule is CN=C(NCCNC(=O)c1ccccc1F)NC1CCN(c2c(F)cccc2F)C1.I. The number of anilines is 1. The topological polar surface area (TPSA) is 68.8 Å². The third kappa shape index (κ3) is 6.49. The zero-order valence-corrected chi connectivity index (χ0v) is 19.3. The molecule has 1 aliphatic rings. The number of carbonyl (C=O) groups is 1. The molecule has 2 aromatic carbocycles. The number of halogens is 4. The van der Waals surface area contributed by atoms with Crippen molar-refractivity contribution in [3.8, 4) is 0 Å². The zero-order chi connectivity index (χ0) is 21.5. The molecule has 2 aromatic rings. The van der Waals surface area contributed by atoms with Gasteiger partial charge in [-0.1, -0.05) is 18.2 Å². The van der Waals surface area contributed by atoms with E-state index in [1.54, 1.807) is 18.0 Å². The summed E-state index contributed by atoms with van der Waals surface area (Å²) in [4.78, 5) is 17.8. The molecule has 0 bridgehead atoms. The van der Waals surface area contributed by atoms with Crippen molar-refractivity contribution >= 4 is 41.5 Å². The zero-order valence-electron chi connectivity index (χ0n) is 17.0. The summed E-state index contributed by atoms with van der Waals surface area (Å²) in [5.74, 6) is -1.71. The lowest BCUT2D eigenvalue weighted by Gasteiger charge is -2.21. The predicted molar refractivity (Wildman–Crippen MR) is 126 cm³/mol. The van der Waals surface area contributed by atoms with Gasteiger partial charge in [0.2, 0.25) is 0 Å². The van der Waals surface area contributed by atoms with Gasteiger partial charge in [-0.2, -0.15) is 0 Å². The number of rotatable bonds is 6. The maximum Gasteiger partial charge on any atom is 0.254 e. The van der Waals surface area contributed by atoms with E-state index >= 15 is 0 Å². The fourth-order valence-electron chi connectivity index (χ4n) is 3.36. The molecular weight excluding hydrogens is 522 g/mol. The molecule has 1 aliphatic heterocycles. The monoisotopic (exact) mass is 547 g/mol. The summed E-state index contributed by atoms with van der Waals surface area (Å²) in [6.45, 7) is 1.59. The quantitative estimate of drug-likeness (QED) is 0.225. The van der Waals surface area contributed by atoms with Gasteiger partial charge in [-0.25, -0.2) is 13.2 Å². The second kappa shape index (κ2) is 11.8. The summed E-state index contributed by atoms with van der Waals surface area (Å²) < 4.78 is 41.6. The van der Waals surface area contributed by atoms with Gasteiger partial charge in [0.05, 0.1) is 5.56 Å². The van der Waals surface area contributed by atoms with Gasteiger partial charge >= 0.3 is 0 Å². The van der Waals surface area contributed by atoms with E-state index in [-0.39, 0.29) is 47.8 Å². The van der Waals surface area contributed by atoms with Crippen LogP contribution in [0.5, 0.6) is 0 Å². The van der Waals surface area contributed by atoms with E-state index in [0.29, 0.717) is 32.0 Å². The Balaban J connectivity index is 0.00000341. The third-order valence-corrected chi connectivity index (χ3v) is 4.83. The van der Waals surface area contributed by atoms with Gasteiger partial charge in [0, 0.05) is 39.3 Å². The van der Waals surface area contributed by atoms with Crippen molar-refractivity contribution in [1.82, 2.24) is 16.0 Å². The number of nitrogens with one attached hydrogen (secondary N) is 3. The molecule has 6 nitrogen and oxygen atoms in total. The minimum Gasteiger partial charge on any atom is -0.365 e. The van der Waals surface area contributed by atoms with Gasteiger partial charge in [-0.3, -0.25) is 9.79 Å². The molecular formula is C21H25F3IN5O. The molecule has 1 unspecified atom stereocenters. The number of amides is 1. The van der Waals surface area contributed by atoms with E-state index in [4.69, 9.17) is 0 Å². The number of benzene rings is 2. The maximum absolute atomic E-state index is 14.0. The summed E-state index contributed by atoms with van der Waals surface area (Å²) in [5, 5.41) is 8.91. The molecule has 1 saturated heterocycles. The fourth-order valence-corrected chi connectivity index (χ4v) is 3.36. The Morgan fingerprint density at radius 3 is 2.35 bits per heavy atom. The standard InChI is InChI=1S/C21H24F3N5O.HI/c1-25-21(27-11-10-26-20(30)15-5-2-3-6-16(15)22)28-14-9-12-29(13-14)19-17(23)7-4-8-18(19)24;/h2-8,14H,9-13H2,1H3,(H,26,30)(H2,25,27,28);1H. The van der Waals surface area contributed by atoms with Crippen LogP contribution in [0.1, 0.15) is 16.8 Å². The van der Waals surface area contributed by atoms with Crippen LogP contribution in [-0.2, 0) is 0 Å². The molecule has 10 heteroatoms. The first-order chi connectivity index (χ1) is 14.5. The highest BCUT2D eigenvalue weighted by atomic mass is 127. The first kappa shape index (κ1) is 24.8. The molecule has 1 fully saturated rings. The number of hydrogen-bond acceptors (Lipinski definition) is 3. The van der Waals surface area contributed by atoms with Crippen LogP contribution in [-0.4, -0.2) is 51.1 Å². The van der Waals surface area contributed by atoms with E-state index in [1.807, 2.05) is 0 Å². The number of guanidine groups is 1. The van der Waals surface area contributed by atoms with Crippen LogP contribution in [0, 0.1) is 17.5 Å². The number of nitrogens with zero attached hydrogens (tertiary/aromatic N) is 2. The van der Waals surface area contributed by atoms with Crippen LogP contribution in [0.2, 0.25) is 0 Å². The van der Waals surface area contributed by atoms with E-state index in [1.165, 1.54) is 36.4 Å². The minimum atomic E-state index is -0.580. The average molecular weight is 547 g/mol. The lowest BCUT2D eigenvalue weighted by atomic mass is 10.2. The fraction of sp³-hybridized carbons (Fsp3) is 0.333. The molecule has 0 spiro atoms. The molecule has 0 aromatic heterocycles. The Labute approximate surface area is 196 Å². The summed E-state index contributed by atoms with van der Waals surface area (Å²) in [7, 11) is 1.61. The van der Waals surface area contributed by atoms with Crippen molar-refractivity contribution in [2.45, 2.75) is 12.5 Å². The van der Waals surface area contributed by atoms with Crippen molar-refractivity contribution in [1.29, 1.82) is 0 Å². The Kier molecular flexibility index (Phi) is 9.41. The van der Waals surface area contributed by atoms with Crippen molar-refractivity contribution in [3.05, 3.63) is 65.5 Å². The Bertz CT molecular complexity index is 907.